The van der Waals surface area contributed by atoms with Gasteiger partial charge in [0.2, 0.25) is 0 Å². The molecule has 7 heteroatoms. The van der Waals surface area contributed by atoms with Crippen molar-refractivity contribution in [2.45, 2.75) is 25.6 Å². The largest absolute Gasteiger partial charge is 0.497 e. The molecule has 2 aromatic carbocycles. The second-order valence-corrected chi connectivity index (χ2v) is 8.05. The van der Waals surface area contributed by atoms with Gasteiger partial charge in [0.25, 0.3) is 5.56 Å². The second kappa shape index (κ2) is 9.18. The quantitative estimate of drug-likeness (QED) is 0.518. The Balaban J connectivity index is 1.95. The first kappa shape index (κ1) is 22.1. The third-order valence-electron chi connectivity index (χ3n) is 5.57. The maximum Gasteiger partial charge on any atom is 0.308 e. The Hall–Kier alpha value is -3.09. The van der Waals surface area contributed by atoms with Gasteiger partial charge in [0.1, 0.15) is 11.9 Å². The van der Waals surface area contributed by atoms with Gasteiger partial charge in [-0.05, 0) is 53.4 Å². The zero-order valence-corrected chi connectivity index (χ0v) is 18.9. The number of ether oxygens (including phenoxy) is 3. The molecule has 1 aliphatic heterocycles. The molecule has 4 rings (SSSR count). The normalized spacial score (nSPS) is 17.1. The molecule has 1 aliphatic rings. The fourth-order valence-electron chi connectivity index (χ4n) is 4.00. The van der Waals surface area contributed by atoms with Crippen molar-refractivity contribution in [1.29, 1.82) is 0 Å². The van der Waals surface area contributed by atoms with Crippen LogP contribution >= 0.6 is 11.6 Å². The van der Waals surface area contributed by atoms with Gasteiger partial charge in [-0.3, -0.25) is 9.59 Å². The molecule has 0 aliphatic carbocycles. The van der Waals surface area contributed by atoms with Gasteiger partial charge in [0.15, 0.2) is 0 Å². The first-order valence-electron chi connectivity index (χ1n) is 10.4. The number of carbonyl (C=O) groups is 1. The molecule has 166 valence electrons. The maximum atomic E-state index is 12.5. The molecule has 0 fully saturated rings. The van der Waals surface area contributed by atoms with Crippen molar-refractivity contribution in [3.63, 3.8) is 0 Å². The molecule has 0 unspecified atom stereocenters. The highest BCUT2D eigenvalue weighted by molar-refractivity contribution is 6.30. The van der Waals surface area contributed by atoms with Gasteiger partial charge in [-0.2, -0.15) is 0 Å². The van der Waals surface area contributed by atoms with Crippen LogP contribution < -0.4 is 10.3 Å². The summed E-state index contributed by atoms with van der Waals surface area (Å²) in [6, 6.07) is 14.7. The Morgan fingerprint density at radius 2 is 1.84 bits per heavy atom. The van der Waals surface area contributed by atoms with Crippen LogP contribution in [0.25, 0.3) is 11.1 Å². The summed E-state index contributed by atoms with van der Waals surface area (Å²) in [6.45, 7) is 2.03. The number of aromatic nitrogens is 1. The van der Waals surface area contributed by atoms with Gasteiger partial charge in [0, 0.05) is 29.9 Å². The van der Waals surface area contributed by atoms with E-state index in [4.69, 9.17) is 25.8 Å². The molecule has 0 saturated carbocycles. The van der Waals surface area contributed by atoms with Crippen molar-refractivity contribution in [3.05, 3.63) is 86.8 Å². The summed E-state index contributed by atoms with van der Waals surface area (Å²) in [5.74, 6) is 0.295. The number of esters is 1. The summed E-state index contributed by atoms with van der Waals surface area (Å²) in [5, 5.41) is 0.614. The Kier molecular flexibility index (Phi) is 6.35. The van der Waals surface area contributed by atoms with Gasteiger partial charge < -0.3 is 18.8 Å². The van der Waals surface area contributed by atoms with E-state index in [0.29, 0.717) is 16.3 Å². The Labute approximate surface area is 191 Å². The molecule has 2 heterocycles. The Morgan fingerprint density at radius 3 is 2.53 bits per heavy atom. The summed E-state index contributed by atoms with van der Waals surface area (Å²) in [4.78, 5) is 24.9. The van der Waals surface area contributed by atoms with Gasteiger partial charge in [-0.1, -0.05) is 29.8 Å². The number of methoxy groups -OCH3 is 1. The minimum atomic E-state index is -0.669. The van der Waals surface area contributed by atoms with Crippen molar-refractivity contribution in [2.75, 3.05) is 13.7 Å². The van der Waals surface area contributed by atoms with E-state index in [-0.39, 0.29) is 24.6 Å². The summed E-state index contributed by atoms with van der Waals surface area (Å²) in [7, 11) is 3.31. The summed E-state index contributed by atoms with van der Waals surface area (Å²) in [6.07, 6.45) is 0.597. The first-order chi connectivity index (χ1) is 15.4. The third kappa shape index (κ3) is 4.29. The van der Waals surface area contributed by atoms with E-state index >= 15 is 0 Å². The van der Waals surface area contributed by atoms with Crippen LogP contribution in [0.1, 0.15) is 42.2 Å². The molecule has 0 radical (unpaired) electrons. The smallest absolute Gasteiger partial charge is 0.308 e. The first-order valence-corrected chi connectivity index (χ1v) is 10.7. The van der Waals surface area contributed by atoms with Crippen molar-refractivity contribution in [3.8, 4) is 16.9 Å². The molecule has 6 nitrogen and oxygen atoms in total. The monoisotopic (exact) mass is 453 g/mol. The molecule has 0 saturated heterocycles. The van der Waals surface area contributed by atoms with Gasteiger partial charge >= 0.3 is 5.97 Å². The molecule has 1 aromatic heterocycles. The second-order valence-electron chi connectivity index (χ2n) is 7.61. The fourth-order valence-corrected chi connectivity index (χ4v) is 4.13. The van der Waals surface area contributed by atoms with Crippen LogP contribution in [0.4, 0.5) is 0 Å². The minimum absolute atomic E-state index is 0.0107. The topological polar surface area (TPSA) is 66.8 Å². The number of benzene rings is 2. The molecule has 2 atom stereocenters. The third-order valence-corrected chi connectivity index (χ3v) is 5.82. The summed E-state index contributed by atoms with van der Waals surface area (Å²) in [5.41, 5.74) is 3.96. The molecule has 0 amide bonds. The van der Waals surface area contributed by atoms with Gasteiger partial charge in [-0.15, -0.1) is 0 Å². The number of fused-ring (bicyclic) bond motifs is 3. The summed E-state index contributed by atoms with van der Waals surface area (Å²) < 4.78 is 18.7. The fraction of sp³-hybridized carbons (Fsp3) is 0.280. The minimum Gasteiger partial charge on any atom is -0.497 e. The standard InChI is InChI=1S/C25H24ClNO5/c1-4-31-24(29)13-22-19-12-23(28)27(2)14-21(19)18-10-9-17(30-3)11-20(18)25(32-22)15-5-7-16(26)8-6-15/h5-12,14,22,25H,4,13H2,1-3H3/t22-,25-/m0/s1. The average Bonchev–Trinajstić information content (AvgIpc) is 2.90. The number of halogens is 1. The zero-order valence-electron chi connectivity index (χ0n) is 18.1. The Morgan fingerprint density at radius 1 is 1.09 bits per heavy atom. The van der Waals surface area contributed by atoms with Gasteiger partial charge in [0.05, 0.1) is 26.2 Å². The SMILES string of the molecule is CCOC(=O)C[C@@H]1O[C@@H](c2ccc(Cl)cc2)c2cc(OC)ccc2-c2cn(C)c(=O)cc21. The number of rotatable bonds is 5. The van der Waals surface area contributed by atoms with Gasteiger partial charge in [-0.25, -0.2) is 0 Å². The Bertz CT molecular complexity index is 1200. The van der Waals surface area contributed by atoms with E-state index in [2.05, 4.69) is 0 Å². The van der Waals surface area contributed by atoms with Crippen molar-refractivity contribution in [1.82, 2.24) is 4.57 Å². The highest BCUT2D eigenvalue weighted by Crippen LogP contribution is 2.46. The number of carbonyl (C=O) groups excluding carboxylic acids is 1. The van der Waals surface area contributed by atoms with Crippen LogP contribution in [-0.4, -0.2) is 24.3 Å². The number of aryl methyl sites for hydroxylation is 1. The number of pyridine rings is 1. The molecule has 0 spiro atoms. The van der Waals surface area contributed by atoms with E-state index in [1.807, 2.05) is 30.3 Å². The zero-order chi connectivity index (χ0) is 22.8. The lowest BCUT2D eigenvalue weighted by atomic mass is 9.91. The van der Waals surface area contributed by atoms with Crippen LogP contribution in [-0.2, 0) is 21.3 Å². The lowest BCUT2D eigenvalue weighted by molar-refractivity contribution is -0.147. The van der Waals surface area contributed by atoms with E-state index in [1.165, 1.54) is 10.6 Å². The van der Waals surface area contributed by atoms with Crippen molar-refractivity contribution >= 4 is 17.6 Å². The predicted octanol–water partition coefficient (Wildman–Crippen LogP) is 4.83. The maximum absolute atomic E-state index is 12.5. The van der Waals surface area contributed by atoms with Crippen LogP contribution in [0.5, 0.6) is 5.75 Å². The average molecular weight is 454 g/mol. The lowest BCUT2D eigenvalue weighted by Crippen LogP contribution is -2.20. The highest BCUT2D eigenvalue weighted by Gasteiger charge is 2.33. The van der Waals surface area contributed by atoms with Crippen molar-refractivity contribution < 1.29 is 19.0 Å². The summed E-state index contributed by atoms with van der Waals surface area (Å²) >= 11 is 6.11. The van der Waals surface area contributed by atoms with Crippen molar-refractivity contribution in [2.24, 2.45) is 7.05 Å². The molecule has 3 aromatic rings. The number of nitrogens with zero attached hydrogens (tertiary/aromatic N) is 1. The van der Waals surface area contributed by atoms with E-state index in [9.17, 15) is 9.59 Å². The van der Waals surface area contributed by atoms with Crippen LogP contribution in [0.15, 0.2) is 59.5 Å². The van der Waals surface area contributed by atoms with Crippen LogP contribution in [0, 0.1) is 0 Å². The lowest BCUT2D eigenvalue weighted by Gasteiger charge is -2.24. The van der Waals surface area contributed by atoms with E-state index < -0.39 is 12.2 Å². The molecule has 0 bridgehead atoms. The molecular weight excluding hydrogens is 430 g/mol. The number of hydrogen-bond acceptors (Lipinski definition) is 5. The molecule has 32 heavy (non-hydrogen) atoms. The highest BCUT2D eigenvalue weighted by atomic mass is 35.5. The van der Waals surface area contributed by atoms with E-state index in [1.54, 1.807) is 39.4 Å². The molecule has 0 N–H and O–H groups in total. The van der Waals surface area contributed by atoms with E-state index in [0.717, 1.165) is 22.3 Å². The van der Waals surface area contributed by atoms with Crippen LogP contribution in [0.3, 0.4) is 0 Å². The molecular formula is C25H24ClNO5. The number of hydrogen-bond donors (Lipinski definition) is 0. The van der Waals surface area contributed by atoms with Crippen LogP contribution in [0.2, 0.25) is 5.02 Å². The predicted molar refractivity (Wildman–Crippen MR) is 122 cm³/mol.